The highest BCUT2D eigenvalue weighted by Crippen LogP contribution is 2.29. The number of carbonyl (C=O) groups is 2. The molecule has 1 heterocycles. The van der Waals surface area contributed by atoms with Crippen LogP contribution in [0.2, 0.25) is 0 Å². The first-order valence-corrected chi connectivity index (χ1v) is 7.70. The zero-order chi connectivity index (χ0) is 14.6. The molecule has 114 valence electrons. The van der Waals surface area contributed by atoms with Crippen molar-refractivity contribution in [3.63, 3.8) is 0 Å². The Hall–Kier alpha value is -1.10. The Morgan fingerprint density at radius 2 is 1.85 bits per heavy atom. The second-order valence-electron chi connectivity index (χ2n) is 6.19. The Balaban J connectivity index is 2.03. The minimum Gasteiger partial charge on any atom is -0.480 e. The van der Waals surface area contributed by atoms with E-state index in [4.69, 9.17) is 4.74 Å². The van der Waals surface area contributed by atoms with E-state index >= 15 is 0 Å². The zero-order valence-electron chi connectivity index (χ0n) is 12.2. The summed E-state index contributed by atoms with van der Waals surface area (Å²) in [6.07, 6.45) is 6.40. The molecule has 0 aromatic heterocycles. The predicted octanol–water partition coefficient (Wildman–Crippen LogP) is 2.10. The van der Waals surface area contributed by atoms with Crippen LogP contribution >= 0.6 is 0 Å². The molecular formula is C15H25NO4. The summed E-state index contributed by atoms with van der Waals surface area (Å²) < 4.78 is 5.44. The lowest BCUT2D eigenvalue weighted by molar-refractivity contribution is -0.150. The largest absolute Gasteiger partial charge is 0.480 e. The summed E-state index contributed by atoms with van der Waals surface area (Å²) >= 11 is 0. The van der Waals surface area contributed by atoms with Crippen LogP contribution in [0.1, 0.15) is 58.3 Å². The van der Waals surface area contributed by atoms with Gasteiger partial charge in [-0.1, -0.05) is 25.7 Å². The van der Waals surface area contributed by atoms with E-state index in [-0.39, 0.29) is 17.9 Å². The zero-order valence-corrected chi connectivity index (χ0v) is 12.2. The molecule has 2 aliphatic rings. The van der Waals surface area contributed by atoms with Crippen LogP contribution in [0.3, 0.4) is 0 Å². The lowest BCUT2D eigenvalue weighted by Crippen LogP contribution is -2.56. The molecule has 1 saturated carbocycles. The van der Waals surface area contributed by atoms with Gasteiger partial charge in [-0.05, 0) is 32.6 Å². The molecule has 0 unspecified atom stereocenters. The Morgan fingerprint density at radius 3 is 2.40 bits per heavy atom. The van der Waals surface area contributed by atoms with Gasteiger partial charge >= 0.3 is 5.97 Å². The molecular weight excluding hydrogens is 258 g/mol. The molecule has 0 bridgehead atoms. The highest BCUT2D eigenvalue weighted by atomic mass is 16.5. The Labute approximate surface area is 120 Å². The number of amides is 1. The number of hydrogen-bond donors (Lipinski definition) is 2. The SMILES string of the molecule is C[C@H]1C[C@H](C(=O)NC2(C(=O)O)CCCCCC2)CCO1. The monoisotopic (exact) mass is 283 g/mol. The lowest BCUT2D eigenvalue weighted by atomic mass is 9.88. The van der Waals surface area contributed by atoms with Gasteiger partial charge in [0.05, 0.1) is 6.10 Å². The summed E-state index contributed by atoms with van der Waals surface area (Å²) in [5, 5.41) is 12.4. The first kappa shape index (κ1) is 15.3. The minimum atomic E-state index is -1.05. The van der Waals surface area contributed by atoms with Crippen molar-refractivity contribution in [2.24, 2.45) is 5.92 Å². The summed E-state index contributed by atoms with van der Waals surface area (Å²) in [6.45, 7) is 2.54. The summed E-state index contributed by atoms with van der Waals surface area (Å²) in [5.74, 6) is -1.10. The Kier molecular flexibility index (Phi) is 5.02. The van der Waals surface area contributed by atoms with E-state index in [0.717, 1.165) is 25.7 Å². The number of hydrogen-bond acceptors (Lipinski definition) is 3. The van der Waals surface area contributed by atoms with Crippen LogP contribution in [0, 0.1) is 5.92 Å². The van der Waals surface area contributed by atoms with Crippen molar-refractivity contribution in [3.8, 4) is 0 Å². The van der Waals surface area contributed by atoms with Crippen molar-refractivity contribution in [2.75, 3.05) is 6.61 Å². The smallest absolute Gasteiger partial charge is 0.329 e. The molecule has 5 nitrogen and oxygen atoms in total. The van der Waals surface area contributed by atoms with Crippen LogP contribution in [0.15, 0.2) is 0 Å². The topological polar surface area (TPSA) is 75.6 Å². The number of ether oxygens (including phenoxy) is 1. The molecule has 0 aromatic carbocycles. The van der Waals surface area contributed by atoms with Gasteiger partial charge in [0.25, 0.3) is 0 Å². The highest BCUT2D eigenvalue weighted by molar-refractivity contribution is 5.88. The number of carboxylic acids is 1. The average molecular weight is 283 g/mol. The average Bonchev–Trinajstić information content (AvgIpc) is 2.65. The first-order valence-electron chi connectivity index (χ1n) is 7.70. The quantitative estimate of drug-likeness (QED) is 0.778. The van der Waals surface area contributed by atoms with Crippen molar-refractivity contribution in [1.82, 2.24) is 5.32 Å². The van der Waals surface area contributed by atoms with Crippen LogP contribution in [0.25, 0.3) is 0 Å². The molecule has 1 aliphatic carbocycles. The van der Waals surface area contributed by atoms with E-state index in [2.05, 4.69) is 5.32 Å². The second kappa shape index (κ2) is 6.57. The van der Waals surface area contributed by atoms with Gasteiger partial charge in [0.1, 0.15) is 5.54 Å². The van der Waals surface area contributed by atoms with E-state index in [1.54, 1.807) is 0 Å². The van der Waals surface area contributed by atoms with Crippen molar-refractivity contribution in [1.29, 1.82) is 0 Å². The molecule has 0 spiro atoms. The highest BCUT2D eigenvalue weighted by Gasteiger charge is 2.41. The lowest BCUT2D eigenvalue weighted by Gasteiger charge is -2.33. The Morgan fingerprint density at radius 1 is 1.20 bits per heavy atom. The van der Waals surface area contributed by atoms with Gasteiger partial charge in [-0.3, -0.25) is 4.79 Å². The number of carboxylic acid groups (broad SMARTS) is 1. The fourth-order valence-electron chi connectivity index (χ4n) is 3.30. The van der Waals surface area contributed by atoms with Crippen molar-refractivity contribution in [3.05, 3.63) is 0 Å². The van der Waals surface area contributed by atoms with E-state index in [1.807, 2.05) is 6.92 Å². The van der Waals surface area contributed by atoms with Crippen LogP contribution in [0.4, 0.5) is 0 Å². The Bertz CT molecular complexity index is 361. The third-order valence-electron chi connectivity index (χ3n) is 4.58. The van der Waals surface area contributed by atoms with Crippen LogP contribution in [-0.4, -0.2) is 35.2 Å². The first-order chi connectivity index (χ1) is 9.53. The van der Waals surface area contributed by atoms with Gasteiger partial charge in [0.2, 0.25) is 5.91 Å². The fourth-order valence-corrected chi connectivity index (χ4v) is 3.30. The summed E-state index contributed by atoms with van der Waals surface area (Å²) in [6, 6.07) is 0. The van der Waals surface area contributed by atoms with Crippen molar-refractivity contribution < 1.29 is 19.4 Å². The summed E-state index contributed by atoms with van der Waals surface area (Å²) in [5.41, 5.74) is -1.05. The number of carbonyl (C=O) groups excluding carboxylic acids is 1. The number of nitrogens with one attached hydrogen (secondary N) is 1. The van der Waals surface area contributed by atoms with E-state index < -0.39 is 11.5 Å². The second-order valence-corrected chi connectivity index (χ2v) is 6.19. The maximum atomic E-state index is 12.4. The summed E-state index contributed by atoms with van der Waals surface area (Å²) in [4.78, 5) is 24.1. The van der Waals surface area contributed by atoms with Crippen molar-refractivity contribution >= 4 is 11.9 Å². The molecule has 1 aliphatic heterocycles. The maximum Gasteiger partial charge on any atom is 0.329 e. The fraction of sp³-hybridized carbons (Fsp3) is 0.867. The van der Waals surface area contributed by atoms with Gasteiger partial charge < -0.3 is 15.2 Å². The van der Waals surface area contributed by atoms with E-state index in [1.165, 1.54) is 0 Å². The molecule has 2 N–H and O–H groups in total. The van der Waals surface area contributed by atoms with Crippen molar-refractivity contribution in [2.45, 2.75) is 69.9 Å². The number of aliphatic carboxylic acids is 1. The van der Waals surface area contributed by atoms with Gasteiger partial charge in [-0.15, -0.1) is 0 Å². The van der Waals surface area contributed by atoms with E-state index in [0.29, 0.717) is 32.3 Å². The molecule has 0 radical (unpaired) electrons. The normalized spacial score (nSPS) is 30.2. The molecule has 1 amide bonds. The molecule has 20 heavy (non-hydrogen) atoms. The third kappa shape index (κ3) is 3.51. The van der Waals surface area contributed by atoms with E-state index in [9.17, 15) is 14.7 Å². The third-order valence-corrected chi connectivity index (χ3v) is 4.58. The van der Waals surface area contributed by atoms with Crippen LogP contribution < -0.4 is 5.32 Å². The van der Waals surface area contributed by atoms with Gasteiger partial charge in [0, 0.05) is 12.5 Å². The van der Waals surface area contributed by atoms with Gasteiger partial charge in [-0.25, -0.2) is 4.79 Å². The molecule has 2 fully saturated rings. The van der Waals surface area contributed by atoms with Crippen LogP contribution in [-0.2, 0) is 14.3 Å². The molecule has 5 heteroatoms. The summed E-state index contributed by atoms with van der Waals surface area (Å²) in [7, 11) is 0. The molecule has 2 atom stereocenters. The number of rotatable bonds is 3. The minimum absolute atomic E-state index is 0.0782. The van der Waals surface area contributed by atoms with Crippen LogP contribution in [0.5, 0.6) is 0 Å². The maximum absolute atomic E-state index is 12.4. The molecule has 1 saturated heterocycles. The molecule has 0 aromatic rings. The van der Waals surface area contributed by atoms with Gasteiger partial charge in [0.15, 0.2) is 0 Å². The predicted molar refractivity (Wildman–Crippen MR) is 74.3 cm³/mol. The van der Waals surface area contributed by atoms with Gasteiger partial charge in [-0.2, -0.15) is 0 Å². The standard InChI is InChI=1S/C15H25NO4/c1-11-10-12(6-9-20-11)13(17)16-15(14(18)19)7-4-2-3-5-8-15/h11-12H,2-10H2,1H3,(H,16,17)(H,18,19)/t11-,12+/m0/s1. The molecule has 2 rings (SSSR count).